The van der Waals surface area contributed by atoms with E-state index in [2.05, 4.69) is 14.9 Å². The van der Waals surface area contributed by atoms with E-state index >= 15 is 0 Å². The fraction of sp³-hybridized carbons (Fsp3) is 0.297. The molecule has 0 spiro atoms. The summed E-state index contributed by atoms with van der Waals surface area (Å²) in [4.78, 5) is 30.4. The number of methoxy groups -OCH3 is 1. The van der Waals surface area contributed by atoms with Gasteiger partial charge in [0, 0.05) is 36.8 Å². The van der Waals surface area contributed by atoms with E-state index in [0.29, 0.717) is 48.1 Å². The minimum atomic E-state index is -3.97. The van der Waals surface area contributed by atoms with Crippen molar-refractivity contribution in [3.8, 4) is 11.5 Å². The third kappa shape index (κ3) is 8.54. The predicted octanol–water partition coefficient (Wildman–Crippen LogP) is 4.68. The minimum Gasteiger partial charge on any atom is -0.497 e. The summed E-state index contributed by atoms with van der Waals surface area (Å²) >= 11 is 0. The van der Waals surface area contributed by atoms with Crippen LogP contribution in [-0.2, 0) is 16.6 Å². The summed E-state index contributed by atoms with van der Waals surface area (Å²) < 4.78 is 40.5. The Labute approximate surface area is 292 Å². The number of benzene rings is 4. The molecule has 4 aromatic carbocycles. The second-order valence-corrected chi connectivity index (χ2v) is 14.2. The number of para-hydroxylation sites is 2. The largest absolute Gasteiger partial charge is 0.497 e. The number of nitrogens with two attached hydrogens (primary N) is 1. The van der Waals surface area contributed by atoms with Gasteiger partial charge in [-0.3, -0.25) is 19.2 Å². The van der Waals surface area contributed by atoms with Crippen molar-refractivity contribution in [3.63, 3.8) is 0 Å². The molecule has 50 heavy (non-hydrogen) atoms. The lowest BCUT2D eigenvalue weighted by Gasteiger charge is -2.38. The lowest BCUT2D eigenvalue weighted by atomic mass is 9.99. The zero-order valence-corrected chi connectivity index (χ0v) is 29.3. The van der Waals surface area contributed by atoms with Gasteiger partial charge in [0.2, 0.25) is 0 Å². The molecule has 0 saturated carbocycles. The number of aliphatic hydroxyl groups is 1. The molecular weight excluding hydrogens is 659 g/mol. The lowest BCUT2D eigenvalue weighted by molar-refractivity contribution is 0.0341. The number of sulfonamides is 1. The number of nitrogens with zero attached hydrogens (tertiary/aromatic N) is 2. The summed E-state index contributed by atoms with van der Waals surface area (Å²) in [5, 5.41) is 12.9. The Bertz CT molecular complexity index is 1920. The number of fused-ring (bicyclic) bond motifs is 1. The van der Waals surface area contributed by atoms with Crippen molar-refractivity contribution in [2.45, 2.75) is 37.4 Å². The Morgan fingerprint density at radius 3 is 2.44 bits per heavy atom. The summed E-state index contributed by atoms with van der Waals surface area (Å²) in [6.07, 6.45) is -0.358. The van der Waals surface area contributed by atoms with Crippen LogP contribution in [0.3, 0.4) is 0 Å². The van der Waals surface area contributed by atoms with Crippen molar-refractivity contribution in [2.24, 2.45) is 5.92 Å². The molecule has 0 aliphatic carbocycles. The maximum Gasteiger partial charge on any atom is 0.261 e. The predicted molar refractivity (Wildman–Crippen MR) is 193 cm³/mol. The Morgan fingerprint density at radius 2 is 1.78 bits per heavy atom. The van der Waals surface area contributed by atoms with E-state index in [0.717, 1.165) is 5.56 Å². The van der Waals surface area contributed by atoms with Gasteiger partial charge in [0.1, 0.15) is 17.6 Å². The molecule has 0 radical (unpaired) electrons. The maximum atomic E-state index is 13.9. The molecule has 0 fully saturated rings. The molecule has 5 rings (SSSR count). The van der Waals surface area contributed by atoms with Gasteiger partial charge in [0.15, 0.2) is 0 Å². The average molecular weight is 702 g/mol. The number of carbonyl (C=O) groups excluding carboxylic acids is 2. The van der Waals surface area contributed by atoms with E-state index in [1.807, 2.05) is 26.1 Å². The van der Waals surface area contributed by atoms with Crippen LogP contribution in [0.15, 0.2) is 95.9 Å². The first-order chi connectivity index (χ1) is 23.9. The van der Waals surface area contributed by atoms with Crippen LogP contribution in [-0.4, -0.2) is 81.1 Å². The Kier molecular flexibility index (Phi) is 11.3. The molecule has 0 saturated heterocycles. The number of carbonyl (C=O) groups is 2. The molecule has 1 aliphatic heterocycles. The molecule has 5 N–H and O–H groups in total. The number of amides is 2. The molecular formula is C37H43N5O7S. The second-order valence-electron chi connectivity index (χ2n) is 12.5. The quantitative estimate of drug-likeness (QED) is 0.154. The van der Waals surface area contributed by atoms with Crippen LogP contribution >= 0.6 is 0 Å². The normalized spacial score (nSPS) is 16.8. The van der Waals surface area contributed by atoms with Crippen molar-refractivity contribution in [3.05, 3.63) is 108 Å². The van der Waals surface area contributed by atoms with Gasteiger partial charge in [-0.15, -0.1) is 0 Å². The van der Waals surface area contributed by atoms with E-state index in [1.54, 1.807) is 72.5 Å². The number of hydrogen-bond donors (Lipinski definition) is 4. The fourth-order valence-electron chi connectivity index (χ4n) is 5.72. The monoisotopic (exact) mass is 701 g/mol. The Hall–Kier alpha value is -5.11. The zero-order valence-electron chi connectivity index (χ0n) is 28.5. The van der Waals surface area contributed by atoms with Gasteiger partial charge in [-0.05, 0) is 86.3 Å². The Morgan fingerprint density at radius 1 is 1.08 bits per heavy atom. The number of nitrogens with one attached hydrogen (secondary N) is 2. The van der Waals surface area contributed by atoms with Crippen LogP contribution in [0, 0.1) is 5.92 Å². The molecule has 1 heterocycles. The molecule has 0 bridgehead atoms. The van der Waals surface area contributed by atoms with Gasteiger partial charge < -0.3 is 30.5 Å². The zero-order chi connectivity index (χ0) is 36.0. The average Bonchev–Trinajstić information content (AvgIpc) is 3.10. The van der Waals surface area contributed by atoms with Crippen molar-refractivity contribution in [1.82, 2.24) is 9.80 Å². The number of hydrogen-bond acceptors (Lipinski definition) is 9. The van der Waals surface area contributed by atoms with Crippen LogP contribution in [0.4, 0.5) is 17.1 Å². The molecule has 2 amide bonds. The summed E-state index contributed by atoms with van der Waals surface area (Å²) in [7, 11) is -0.509. The third-order valence-electron chi connectivity index (χ3n) is 8.66. The molecule has 4 aromatic rings. The van der Waals surface area contributed by atoms with Crippen molar-refractivity contribution in [2.75, 3.05) is 49.6 Å². The second kappa shape index (κ2) is 15.6. The first-order valence-corrected chi connectivity index (χ1v) is 17.7. The van der Waals surface area contributed by atoms with Crippen LogP contribution in [0.5, 0.6) is 11.5 Å². The number of rotatable bonds is 12. The van der Waals surface area contributed by atoms with Crippen LogP contribution in [0.2, 0.25) is 0 Å². The van der Waals surface area contributed by atoms with E-state index in [4.69, 9.17) is 15.2 Å². The van der Waals surface area contributed by atoms with E-state index in [9.17, 15) is 23.1 Å². The SMILES string of the molecule is COc1ccc(S(=O)(=O)Nc2ccc3c(c2)C(=O)N([C@@H](C)CO)C[C@@H](C)[C@@H](CN(C)Cc2ccc(C(=O)Nc4ccccc4N)cc2)O3)cc1. The fourth-order valence-corrected chi connectivity index (χ4v) is 6.77. The smallest absolute Gasteiger partial charge is 0.261 e. The first-order valence-electron chi connectivity index (χ1n) is 16.2. The summed E-state index contributed by atoms with van der Waals surface area (Å²) in [6.45, 7) is 4.90. The highest BCUT2D eigenvalue weighted by atomic mass is 32.2. The van der Waals surface area contributed by atoms with Crippen molar-refractivity contribution >= 4 is 38.9 Å². The molecule has 1 aliphatic rings. The number of likely N-dealkylation sites (N-methyl/N-ethyl adjacent to an activating group) is 1. The number of aliphatic hydroxyl groups excluding tert-OH is 1. The molecule has 3 atom stereocenters. The van der Waals surface area contributed by atoms with Gasteiger partial charge >= 0.3 is 0 Å². The Balaban J connectivity index is 1.32. The van der Waals surface area contributed by atoms with Gasteiger partial charge in [-0.1, -0.05) is 31.2 Å². The van der Waals surface area contributed by atoms with Crippen LogP contribution in [0.25, 0.3) is 0 Å². The minimum absolute atomic E-state index is 0.0374. The summed E-state index contributed by atoms with van der Waals surface area (Å²) in [6, 6.07) is 24.5. The topological polar surface area (TPSA) is 164 Å². The van der Waals surface area contributed by atoms with Gasteiger partial charge in [-0.2, -0.15) is 0 Å². The number of ether oxygens (including phenoxy) is 2. The third-order valence-corrected chi connectivity index (χ3v) is 10.1. The van der Waals surface area contributed by atoms with Crippen LogP contribution < -0.4 is 25.2 Å². The van der Waals surface area contributed by atoms with E-state index in [-0.39, 0.29) is 46.6 Å². The van der Waals surface area contributed by atoms with E-state index < -0.39 is 16.1 Å². The lowest BCUT2D eigenvalue weighted by Crippen LogP contribution is -2.49. The van der Waals surface area contributed by atoms with Crippen molar-refractivity contribution < 1.29 is 32.6 Å². The van der Waals surface area contributed by atoms with Crippen LogP contribution in [0.1, 0.15) is 40.1 Å². The molecule has 0 unspecified atom stereocenters. The van der Waals surface area contributed by atoms with Gasteiger partial charge in [0.25, 0.3) is 21.8 Å². The summed E-state index contributed by atoms with van der Waals surface area (Å²) in [5.74, 6) is 0.0918. The number of anilines is 3. The molecule has 264 valence electrons. The summed E-state index contributed by atoms with van der Waals surface area (Å²) in [5.41, 5.74) is 8.87. The van der Waals surface area contributed by atoms with Gasteiger partial charge in [0.05, 0.1) is 41.6 Å². The molecule has 12 nitrogen and oxygen atoms in total. The van der Waals surface area contributed by atoms with Crippen molar-refractivity contribution in [1.29, 1.82) is 0 Å². The standard InChI is InChI=1S/C37H43N5O7S/c1-24-20-42(25(2)23-43)37(45)31-19-28(40-50(46,47)30-16-14-29(48-4)15-17-30)13-18-34(31)49-35(24)22-41(3)21-26-9-11-27(12-10-26)36(44)39-33-8-6-5-7-32(33)38/h5-19,24-25,35,40,43H,20-23,38H2,1-4H3,(H,39,44)/t24-,25+,35-/m1/s1. The first kappa shape index (κ1) is 36.2. The molecule has 0 aromatic heterocycles. The van der Waals surface area contributed by atoms with E-state index in [1.165, 1.54) is 25.3 Å². The maximum absolute atomic E-state index is 13.9. The highest BCUT2D eigenvalue weighted by Crippen LogP contribution is 2.32. The highest BCUT2D eigenvalue weighted by molar-refractivity contribution is 7.92. The highest BCUT2D eigenvalue weighted by Gasteiger charge is 2.34. The molecule has 13 heteroatoms. The number of nitrogen functional groups attached to an aromatic ring is 1. The van der Waals surface area contributed by atoms with Gasteiger partial charge in [-0.25, -0.2) is 8.42 Å².